The summed E-state index contributed by atoms with van der Waals surface area (Å²) in [6.45, 7) is 2.28. The highest BCUT2D eigenvalue weighted by Crippen LogP contribution is 2.22. The van der Waals surface area contributed by atoms with Gasteiger partial charge < -0.3 is 14.9 Å². The van der Waals surface area contributed by atoms with Crippen molar-refractivity contribution in [3.63, 3.8) is 0 Å². The van der Waals surface area contributed by atoms with E-state index in [1.165, 1.54) is 12.1 Å². The van der Waals surface area contributed by atoms with Crippen molar-refractivity contribution in [2.75, 3.05) is 31.1 Å². The third kappa shape index (κ3) is 4.67. The summed E-state index contributed by atoms with van der Waals surface area (Å²) in [6, 6.07) is 6.45. The van der Waals surface area contributed by atoms with Gasteiger partial charge in [0.15, 0.2) is 0 Å². The molecule has 1 amide bonds. The van der Waals surface area contributed by atoms with Gasteiger partial charge in [-0.2, -0.15) is 0 Å². The van der Waals surface area contributed by atoms with Crippen LogP contribution in [0, 0.1) is 10.1 Å². The number of hydrogen-bond acceptors (Lipinski definition) is 5. The number of aliphatic carboxylic acids is 1. The summed E-state index contributed by atoms with van der Waals surface area (Å²) in [5, 5.41) is 19.4. The van der Waals surface area contributed by atoms with E-state index in [1.807, 2.05) is 11.0 Å². The number of hydrogen-bond donors (Lipinski definition) is 1. The number of carbonyl (C=O) groups excluding carboxylic acids is 1. The molecule has 1 heterocycles. The zero-order valence-corrected chi connectivity index (χ0v) is 12.7. The molecular weight excluding hydrogens is 302 g/mol. The summed E-state index contributed by atoms with van der Waals surface area (Å²) in [7, 11) is 0. The molecule has 0 unspecified atom stereocenters. The molecule has 0 atom stereocenters. The van der Waals surface area contributed by atoms with Crippen LogP contribution in [0.4, 0.5) is 11.4 Å². The molecule has 124 valence electrons. The highest BCUT2D eigenvalue weighted by Gasteiger charge is 2.22. The second kappa shape index (κ2) is 7.57. The molecule has 0 radical (unpaired) electrons. The average Bonchev–Trinajstić information content (AvgIpc) is 2.54. The van der Waals surface area contributed by atoms with Crippen molar-refractivity contribution in [3.05, 3.63) is 34.4 Å². The summed E-state index contributed by atoms with van der Waals surface area (Å²) in [5.41, 5.74) is 0.826. The van der Waals surface area contributed by atoms with E-state index in [1.54, 1.807) is 11.0 Å². The van der Waals surface area contributed by atoms with Crippen molar-refractivity contribution in [2.45, 2.75) is 19.3 Å². The summed E-state index contributed by atoms with van der Waals surface area (Å²) in [5.74, 6) is -0.932. The molecule has 1 aromatic rings. The maximum atomic E-state index is 12.0. The first-order valence-corrected chi connectivity index (χ1v) is 7.46. The first-order chi connectivity index (χ1) is 11.0. The fourth-order valence-corrected chi connectivity index (χ4v) is 2.57. The molecule has 1 aliphatic rings. The van der Waals surface area contributed by atoms with Crippen LogP contribution in [0.1, 0.15) is 19.3 Å². The standard InChI is InChI=1S/C15H19N3O5/c19-14(5-2-6-15(20)21)17-9-7-16(8-10-17)12-3-1-4-13(11-12)18(22)23/h1,3-4,11H,2,5-10H2,(H,20,21). The average molecular weight is 321 g/mol. The topological polar surface area (TPSA) is 104 Å². The second-order valence-corrected chi connectivity index (χ2v) is 5.39. The molecule has 1 aliphatic heterocycles. The number of nitro benzene ring substituents is 1. The fourth-order valence-electron chi connectivity index (χ4n) is 2.57. The Morgan fingerprint density at radius 2 is 1.87 bits per heavy atom. The number of rotatable bonds is 6. The molecule has 1 fully saturated rings. The van der Waals surface area contributed by atoms with Crippen molar-refractivity contribution >= 4 is 23.3 Å². The van der Waals surface area contributed by atoms with Crippen molar-refractivity contribution in [2.24, 2.45) is 0 Å². The predicted molar refractivity (Wildman–Crippen MR) is 83.4 cm³/mol. The van der Waals surface area contributed by atoms with Crippen LogP contribution in [0.25, 0.3) is 0 Å². The fraction of sp³-hybridized carbons (Fsp3) is 0.467. The lowest BCUT2D eigenvalue weighted by Crippen LogP contribution is -2.48. The minimum atomic E-state index is -0.895. The molecule has 2 rings (SSSR count). The van der Waals surface area contributed by atoms with Crippen molar-refractivity contribution in [1.29, 1.82) is 0 Å². The molecule has 0 aliphatic carbocycles. The van der Waals surface area contributed by atoms with Gasteiger partial charge in [0.2, 0.25) is 5.91 Å². The highest BCUT2D eigenvalue weighted by molar-refractivity contribution is 5.77. The van der Waals surface area contributed by atoms with Gasteiger partial charge >= 0.3 is 5.97 Å². The van der Waals surface area contributed by atoms with Crippen molar-refractivity contribution in [1.82, 2.24) is 4.90 Å². The first-order valence-electron chi connectivity index (χ1n) is 7.46. The lowest BCUT2D eigenvalue weighted by atomic mass is 10.2. The van der Waals surface area contributed by atoms with Crippen molar-refractivity contribution in [3.8, 4) is 0 Å². The number of carboxylic acids is 1. The highest BCUT2D eigenvalue weighted by atomic mass is 16.6. The van der Waals surface area contributed by atoms with E-state index in [4.69, 9.17) is 5.11 Å². The Morgan fingerprint density at radius 3 is 2.48 bits per heavy atom. The van der Waals surface area contributed by atoms with Gasteiger partial charge in [0, 0.05) is 56.8 Å². The number of carbonyl (C=O) groups is 2. The molecule has 8 nitrogen and oxygen atoms in total. The molecule has 1 N–H and O–H groups in total. The molecule has 23 heavy (non-hydrogen) atoms. The Balaban J connectivity index is 1.86. The number of carboxylic acid groups (broad SMARTS) is 1. The Labute approximate surface area is 133 Å². The Hall–Kier alpha value is -2.64. The van der Waals surface area contributed by atoms with Crippen LogP contribution in [-0.2, 0) is 9.59 Å². The zero-order valence-electron chi connectivity index (χ0n) is 12.7. The van der Waals surface area contributed by atoms with E-state index in [0.29, 0.717) is 32.6 Å². The summed E-state index contributed by atoms with van der Waals surface area (Å²) < 4.78 is 0. The Bertz CT molecular complexity index is 597. The van der Waals surface area contributed by atoms with Crippen LogP contribution >= 0.6 is 0 Å². The van der Waals surface area contributed by atoms with Crippen LogP contribution in [0.2, 0.25) is 0 Å². The number of anilines is 1. The van der Waals surface area contributed by atoms with Gasteiger partial charge in [0.25, 0.3) is 5.69 Å². The van der Waals surface area contributed by atoms with E-state index in [0.717, 1.165) is 5.69 Å². The van der Waals surface area contributed by atoms with Gasteiger partial charge in [0.1, 0.15) is 0 Å². The molecule has 8 heteroatoms. The SMILES string of the molecule is O=C(O)CCCC(=O)N1CCN(c2cccc([N+](=O)[O-])c2)CC1. The van der Waals surface area contributed by atoms with Gasteiger partial charge in [-0.25, -0.2) is 0 Å². The number of benzene rings is 1. The summed E-state index contributed by atoms with van der Waals surface area (Å²) >= 11 is 0. The quantitative estimate of drug-likeness (QED) is 0.629. The minimum absolute atomic E-state index is 0.000607. The summed E-state index contributed by atoms with van der Waals surface area (Å²) in [4.78, 5) is 36.6. The van der Waals surface area contributed by atoms with Gasteiger partial charge in [-0.05, 0) is 12.5 Å². The lowest BCUT2D eigenvalue weighted by molar-refractivity contribution is -0.384. The number of nitrogens with zero attached hydrogens (tertiary/aromatic N) is 3. The molecule has 1 aromatic carbocycles. The van der Waals surface area contributed by atoms with Crippen LogP contribution in [0.5, 0.6) is 0 Å². The van der Waals surface area contributed by atoms with E-state index < -0.39 is 10.9 Å². The minimum Gasteiger partial charge on any atom is -0.481 e. The van der Waals surface area contributed by atoms with Crippen LogP contribution in [0.15, 0.2) is 24.3 Å². The van der Waals surface area contributed by atoms with E-state index in [-0.39, 0.29) is 24.4 Å². The van der Waals surface area contributed by atoms with Gasteiger partial charge in [-0.3, -0.25) is 19.7 Å². The van der Waals surface area contributed by atoms with Crippen LogP contribution in [-0.4, -0.2) is 53.0 Å². The van der Waals surface area contributed by atoms with Crippen molar-refractivity contribution < 1.29 is 19.6 Å². The van der Waals surface area contributed by atoms with Gasteiger partial charge in [0.05, 0.1) is 4.92 Å². The van der Waals surface area contributed by atoms with Gasteiger partial charge in [-0.1, -0.05) is 6.07 Å². The first kappa shape index (κ1) is 16.7. The Morgan fingerprint density at radius 1 is 1.17 bits per heavy atom. The van der Waals surface area contributed by atoms with Crippen LogP contribution < -0.4 is 4.90 Å². The third-order valence-electron chi connectivity index (χ3n) is 3.82. The second-order valence-electron chi connectivity index (χ2n) is 5.39. The van der Waals surface area contributed by atoms with Crippen LogP contribution in [0.3, 0.4) is 0 Å². The number of amides is 1. The summed E-state index contributed by atoms with van der Waals surface area (Å²) in [6.07, 6.45) is 0.585. The molecule has 0 saturated carbocycles. The zero-order chi connectivity index (χ0) is 16.8. The largest absolute Gasteiger partial charge is 0.481 e. The molecule has 0 aromatic heterocycles. The van der Waals surface area contributed by atoms with Gasteiger partial charge in [-0.15, -0.1) is 0 Å². The third-order valence-corrected chi connectivity index (χ3v) is 3.82. The predicted octanol–water partition coefficient (Wildman–Crippen LogP) is 1.50. The van der Waals surface area contributed by atoms with E-state index in [2.05, 4.69) is 0 Å². The number of non-ortho nitro benzene ring substituents is 1. The Kier molecular flexibility index (Phi) is 5.51. The molecular formula is C15H19N3O5. The maximum absolute atomic E-state index is 12.0. The van der Waals surface area contributed by atoms with E-state index in [9.17, 15) is 19.7 Å². The lowest BCUT2D eigenvalue weighted by Gasteiger charge is -2.36. The molecule has 1 saturated heterocycles. The number of piperazine rings is 1. The monoisotopic (exact) mass is 321 g/mol. The molecule has 0 bridgehead atoms. The van der Waals surface area contributed by atoms with E-state index >= 15 is 0 Å². The molecule has 0 spiro atoms. The smallest absolute Gasteiger partial charge is 0.303 e. The number of nitro groups is 1. The normalized spacial score (nSPS) is 14.6. The maximum Gasteiger partial charge on any atom is 0.303 e.